The third-order valence-corrected chi connectivity index (χ3v) is 6.02. The number of rotatable bonds is 7. The topological polar surface area (TPSA) is 58.8 Å². The molecule has 6 nitrogen and oxygen atoms in total. The van der Waals surface area contributed by atoms with Gasteiger partial charge in [-0.25, -0.2) is 4.98 Å². The Morgan fingerprint density at radius 3 is 2.66 bits per heavy atom. The van der Waals surface area contributed by atoms with Crippen LogP contribution >= 0.6 is 0 Å². The van der Waals surface area contributed by atoms with Crippen LogP contribution < -0.4 is 4.74 Å². The Balaban J connectivity index is 1.27. The van der Waals surface area contributed by atoms with Gasteiger partial charge in [-0.05, 0) is 76.3 Å². The molecule has 4 rings (SSSR count). The number of aromatic nitrogens is 1. The van der Waals surface area contributed by atoms with Gasteiger partial charge in [-0.2, -0.15) is 0 Å². The SMILES string of the molecule is CC1CCCN1CCCOc1ccc(-c2nc(C(=O)N3CCCCC3)co2)cc1. The highest BCUT2D eigenvalue weighted by molar-refractivity contribution is 5.92. The van der Waals surface area contributed by atoms with E-state index in [1.165, 1.54) is 32.1 Å². The van der Waals surface area contributed by atoms with E-state index in [1.54, 1.807) is 0 Å². The molecule has 156 valence electrons. The van der Waals surface area contributed by atoms with Crippen LogP contribution in [0.2, 0.25) is 0 Å². The summed E-state index contributed by atoms with van der Waals surface area (Å²) in [5.74, 6) is 1.28. The minimum Gasteiger partial charge on any atom is -0.494 e. The molecule has 3 heterocycles. The molecule has 1 unspecified atom stereocenters. The average molecular weight is 398 g/mol. The van der Waals surface area contributed by atoms with Crippen LogP contribution in [0.15, 0.2) is 34.9 Å². The van der Waals surface area contributed by atoms with E-state index < -0.39 is 0 Å². The maximum absolute atomic E-state index is 12.5. The van der Waals surface area contributed by atoms with Crippen molar-refractivity contribution < 1.29 is 13.9 Å². The Labute approximate surface area is 172 Å². The molecule has 0 spiro atoms. The first-order valence-electron chi connectivity index (χ1n) is 10.9. The van der Waals surface area contributed by atoms with E-state index >= 15 is 0 Å². The standard InChI is InChI=1S/C23H31N3O3/c1-18-7-5-14-25(18)15-6-16-28-20-10-8-19(9-11-20)22-24-21(17-29-22)23(27)26-12-3-2-4-13-26/h8-11,17-18H,2-7,12-16H2,1H3. The number of likely N-dealkylation sites (tertiary alicyclic amines) is 2. The number of carbonyl (C=O) groups is 1. The molecule has 2 fully saturated rings. The van der Waals surface area contributed by atoms with Crippen LogP contribution in [0, 0.1) is 0 Å². The van der Waals surface area contributed by atoms with E-state index in [0.717, 1.165) is 56.8 Å². The summed E-state index contributed by atoms with van der Waals surface area (Å²) in [5, 5.41) is 0. The zero-order valence-electron chi connectivity index (χ0n) is 17.3. The summed E-state index contributed by atoms with van der Waals surface area (Å²) in [6, 6.07) is 8.44. The van der Waals surface area contributed by atoms with Crippen LogP contribution in [-0.4, -0.2) is 59.5 Å². The number of amides is 1. The molecule has 6 heteroatoms. The molecule has 0 N–H and O–H groups in total. The number of hydrogen-bond acceptors (Lipinski definition) is 5. The van der Waals surface area contributed by atoms with Crippen LogP contribution in [0.1, 0.15) is 55.9 Å². The lowest BCUT2D eigenvalue weighted by Crippen LogP contribution is -2.35. The lowest BCUT2D eigenvalue weighted by atomic mass is 10.1. The molecule has 1 aromatic heterocycles. The number of carbonyl (C=O) groups excluding carboxylic acids is 1. The first-order valence-corrected chi connectivity index (χ1v) is 10.9. The first kappa shape index (κ1) is 20.0. The molecule has 29 heavy (non-hydrogen) atoms. The highest BCUT2D eigenvalue weighted by Crippen LogP contribution is 2.23. The van der Waals surface area contributed by atoms with Gasteiger partial charge in [0.1, 0.15) is 12.0 Å². The van der Waals surface area contributed by atoms with Gasteiger partial charge in [0.05, 0.1) is 6.61 Å². The van der Waals surface area contributed by atoms with Crippen LogP contribution in [0.4, 0.5) is 0 Å². The summed E-state index contributed by atoms with van der Waals surface area (Å²) < 4.78 is 11.4. The minimum absolute atomic E-state index is 0.0352. The van der Waals surface area contributed by atoms with Crippen molar-refractivity contribution in [1.82, 2.24) is 14.8 Å². The van der Waals surface area contributed by atoms with E-state index in [4.69, 9.17) is 9.15 Å². The molecule has 1 amide bonds. The third kappa shape index (κ3) is 4.99. The normalized spacial score (nSPS) is 20.2. The van der Waals surface area contributed by atoms with Crippen LogP contribution in [0.25, 0.3) is 11.5 Å². The molecule has 0 saturated carbocycles. The third-order valence-electron chi connectivity index (χ3n) is 6.02. The summed E-state index contributed by atoms with van der Waals surface area (Å²) in [4.78, 5) is 21.4. The van der Waals surface area contributed by atoms with Gasteiger partial charge < -0.3 is 19.0 Å². The average Bonchev–Trinajstić information content (AvgIpc) is 3.41. The van der Waals surface area contributed by atoms with Crippen molar-refractivity contribution in [2.75, 3.05) is 32.8 Å². The van der Waals surface area contributed by atoms with Gasteiger partial charge >= 0.3 is 0 Å². The summed E-state index contributed by atoms with van der Waals surface area (Å²) in [5.41, 5.74) is 1.24. The van der Waals surface area contributed by atoms with Crippen molar-refractivity contribution >= 4 is 5.91 Å². The van der Waals surface area contributed by atoms with Gasteiger partial charge in [-0.15, -0.1) is 0 Å². The zero-order chi connectivity index (χ0) is 20.1. The Kier molecular flexibility index (Phi) is 6.49. The fraction of sp³-hybridized carbons (Fsp3) is 0.565. The second-order valence-corrected chi connectivity index (χ2v) is 8.14. The van der Waals surface area contributed by atoms with Crippen LogP contribution in [-0.2, 0) is 0 Å². The van der Waals surface area contributed by atoms with Gasteiger partial charge in [-0.3, -0.25) is 4.79 Å². The fourth-order valence-electron chi connectivity index (χ4n) is 4.24. The quantitative estimate of drug-likeness (QED) is 0.655. The van der Waals surface area contributed by atoms with Crippen molar-refractivity contribution in [1.29, 1.82) is 0 Å². The van der Waals surface area contributed by atoms with Crippen molar-refractivity contribution in [2.24, 2.45) is 0 Å². The van der Waals surface area contributed by atoms with Crippen LogP contribution in [0.3, 0.4) is 0 Å². The monoisotopic (exact) mass is 397 g/mol. The zero-order valence-corrected chi connectivity index (χ0v) is 17.3. The van der Waals surface area contributed by atoms with E-state index in [1.807, 2.05) is 29.2 Å². The molecule has 2 saturated heterocycles. The molecular formula is C23H31N3O3. The molecule has 0 radical (unpaired) electrons. The number of ether oxygens (including phenoxy) is 1. The first-order chi connectivity index (χ1) is 14.2. The van der Waals surface area contributed by atoms with Crippen molar-refractivity contribution in [3.8, 4) is 17.2 Å². The maximum atomic E-state index is 12.5. The second kappa shape index (κ2) is 9.44. The molecule has 2 aromatic rings. The molecule has 0 bridgehead atoms. The van der Waals surface area contributed by atoms with Gasteiger partial charge in [0.25, 0.3) is 5.91 Å². The van der Waals surface area contributed by atoms with Gasteiger partial charge in [-0.1, -0.05) is 0 Å². The second-order valence-electron chi connectivity index (χ2n) is 8.14. The van der Waals surface area contributed by atoms with Crippen molar-refractivity contribution in [3.05, 3.63) is 36.2 Å². The van der Waals surface area contributed by atoms with E-state index in [9.17, 15) is 4.79 Å². The predicted octanol–water partition coefficient (Wildman–Crippen LogP) is 4.22. The van der Waals surface area contributed by atoms with Gasteiger partial charge in [0, 0.05) is 31.2 Å². The van der Waals surface area contributed by atoms with Crippen molar-refractivity contribution in [2.45, 2.75) is 51.5 Å². The molecule has 2 aliphatic rings. The maximum Gasteiger partial charge on any atom is 0.275 e. The number of piperidine rings is 1. The number of hydrogen-bond donors (Lipinski definition) is 0. The molecule has 1 aromatic carbocycles. The number of nitrogens with zero attached hydrogens (tertiary/aromatic N) is 3. The Bertz CT molecular complexity index is 796. The van der Waals surface area contributed by atoms with E-state index in [-0.39, 0.29) is 5.91 Å². The summed E-state index contributed by atoms with van der Waals surface area (Å²) in [7, 11) is 0. The molecular weight excluding hydrogens is 366 g/mol. The largest absolute Gasteiger partial charge is 0.494 e. The molecule has 2 aliphatic heterocycles. The fourth-order valence-corrected chi connectivity index (χ4v) is 4.24. The Morgan fingerprint density at radius 2 is 1.93 bits per heavy atom. The highest BCUT2D eigenvalue weighted by atomic mass is 16.5. The summed E-state index contributed by atoms with van der Waals surface area (Å²) in [6.07, 6.45) is 8.46. The molecule has 1 atom stereocenters. The van der Waals surface area contributed by atoms with E-state index in [2.05, 4.69) is 16.8 Å². The minimum atomic E-state index is -0.0352. The number of oxazole rings is 1. The summed E-state index contributed by atoms with van der Waals surface area (Å²) in [6.45, 7) is 6.96. The smallest absolute Gasteiger partial charge is 0.275 e. The highest BCUT2D eigenvalue weighted by Gasteiger charge is 2.22. The summed E-state index contributed by atoms with van der Waals surface area (Å²) >= 11 is 0. The lowest BCUT2D eigenvalue weighted by molar-refractivity contribution is 0.0718. The van der Waals surface area contributed by atoms with Gasteiger partial charge in [0.15, 0.2) is 5.69 Å². The van der Waals surface area contributed by atoms with E-state index in [0.29, 0.717) is 17.6 Å². The van der Waals surface area contributed by atoms with Gasteiger partial charge in [0.2, 0.25) is 5.89 Å². The molecule has 0 aliphatic carbocycles. The predicted molar refractivity (Wildman–Crippen MR) is 112 cm³/mol. The van der Waals surface area contributed by atoms with Crippen LogP contribution in [0.5, 0.6) is 5.75 Å². The Morgan fingerprint density at radius 1 is 1.14 bits per heavy atom. The lowest BCUT2D eigenvalue weighted by Gasteiger charge is -2.25. The number of benzene rings is 1. The Hall–Kier alpha value is -2.34. The van der Waals surface area contributed by atoms with Crippen molar-refractivity contribution in [3.63, 3.8) is 0 Å².